The Morgan fingerprint density at radius 1 is 1.09 bits per heavy atom. The minimum atomic E-state index is 0. The topological polar surface area (TPSA) is 57.5 Å². The quantitative estimate of drug-likeness (QED) is 0.260. The van der Waals surface area contributed by atoms with Gasteiger partial charge in [-0.2, -0.15) is 0 Å². The third kappa shape index (κ3) is 6.48. The van der Waals surface area contributed by atoms with Gasteiger partial charge in [0.1, 0.15) is 0 Å². The van der Waals surface area contributed by atoms with Crippen molar-refractivity contribution in [2.24, 2.45) is 4.99 Å². The summed E-state index contributed by atoms with van der Waals surface area (Å²) in [6.07, 6.45) is 8.21. The molecule has 0 saturated carbocycles. The minimum Gasteiger partial charge on any atom is -0.372 e. The first-order valence-electron chi connectivity index (χ1n) is 11.1. The molecule has 3 aromatic rings. The van der Waals surface area contributed by atoms with Gasteiger partial charge in [-0.25, -0.2) is 4.98 Å². The van der Waals surface area contributed by atoms with Crippen molar-refractivity contribution in [2.75, 3.05) is 25.0 Å². The number of halogens is 1. The summed E-state index contributed by atoms with van der Waals surface area (Å²) in [6, 6.07) is 17.7. The smallest absolute Gasteiger partial charge is 0.191 e. The summed E-state index contributed by atoms with van der Waals surface area (Å²) >= 11 is 0. The van der Waals surface area contributed by atoms with Gasteiger partial charge < -0.3 is 20.1 Å². The highest BCUT2D eigenvalue weighted by molar-refractivity contribution is 14.0. The van der Waals surface area contributed by atoms with Gasteiger partial charge in [-0.05, 0) is 48.6 Å². The average Bonchev–Trinajstić information content (AvgIpc) is 3.52. The highest BCUT2D eigenvalue weighted by Crippen LogP contribution is 2.24. The lowest BCUT2D eigenvalue weighted by atomic mass is 10.1. The summed E-state index contributed by atoms with van der Waals surface area (Å²) in [5.74, 6) is 0.807. The molecule has 1 unspecified atom stereocenters. The number of anilines is 1. The maximum absolute atomic E-state index is 4.41. The lowest BCUT2D eigenvalue weighted by Gasteiger charge is -2.22. The van der Waals surface area contributed by atoms with Crippen LogP contribution in [0.5, 0.6) is 0 Å². The highest BCUT2D eigenvalue weighted by atomic mass is 127. The van der Waals surface area contributed by atoms with E-state index in [-0.39, 0.29) is 30.0 Å². The fraction of sp³-hybridized carbons (Fsp3) is 0.360. The van der Waals surface area contributed by atoms with Crippen LogP contribution in [0.2, 0.25) is 0 Å². The third-order valence-corrected chi connectivity index (χ3v) is 5.83. The molecule has 1 fully saturated rings. The molecule has 0 spiro atoms. The van der Waals surface area contributed by atoms with Crippen LogP contribution in [0.1, 0.15) is 42.5 Å². The molecule has 6 nitrogen and oxygen atoms in total. The summed E-state index contributed by atoms with van der Waals surface area (Å²) in [6.45, 7) is 6.07. The molecule has 1 atom stereocenters. The second kappa shape index (κ2) is 11.9. The Hall–Kier alpha value is -2.55. The van der Waals surface area contributed by atoms with E-state index in [4.69, 9.17) is 0 Å². The van der Waals surface area contributed by atoms with Crippen molar-refractivity contribution in [1.29, 1.82) is 0 Å². The standard InChI is InChI=1S/C25H32N6.HI/c1-20(23-6-5-7-24(16-23)31-13-3-4-14-31)29-25(26-2)28-17-21-8-10-22(11-9-21)18-30-15-12-27-19-30;/h5-12,15-16,19-20H,3-4,13-14,17-18H2,1-2H3,(H2,26,28,29);1H. The number of nitrogens with one attached hydrogen (secondary N) is 2. The van der Waals surface area contributed by atoms with E-state index in [1.807, 2.05) is 19.6 Å². The van der Waals surface area contributed by atoms with E-state index in [0.29, 0.717) is 0 Å². The van der Waals surface area contributed by atoms with Gasteiger partial charge >= 0.3 is 0 Å². The molecule has 0 aliphatic carbocycles. The van der Waals surface area contributed by atoms with Crippen LogP contribution < -0.4 is 15.5 Å². The molecule has 0 radical (unpaired) electrons. The first-order chi connectivity index (χ1) is 15.2. The molecule has 32 heavy (non-hydrogen) atoms. The van der Waals surface area contributed by atoms with Crippen molar-refractivity contribution in [1.82, 2.24) is 20.2 Å². The Balaban J connectivity index is 0.00000289. The van der Waals surface area contributed by atoms with Crippen molar-refractivity contribution in [3.05, 3.63) is 83.9 Å². The molecule has 7 heteroatoms. The molecule has 1 aliphatic heterocycles. The number of guanidine groups is 1. The normalized spacial score (nSPS) is 14.7. The van der Waals surface area contributed by atoms with Crippen molar-refractivity contribution >= 4 is 35.6 Å². The van der Waals surface area contributed by atoms with E-state index in [1.165, 1.54) is 35.2 Å². The predicted octanol–water partition coefficient (Wildman–Crippen LogP) is 4.58. The van der Waals surface area contributed by atoms with Crippen molar-refractivity contribution < 1.29 is 0 Å². The first kappa shape index (κ1) is 24.1. The van der Waals surface area contributed by atoms with Crippen LogP contribution in [-0.4, -0.2) is 35.6 Å². The van der Waals surface area contributed by atoms with Gasteiger partial charge in [-0.3, -0.25) is 4.99 Å². The minimum absolute atomic E-state index is 0. The van der Waals surface area contributed by atoms with E-state index in [1.54, 1.807) is 6.20 Å². The monoisotopic (exact) mass is 544 g/mol. The highest BCUT2D eigenvalue weighted by Gasteiger charge is 2.14. The van der Waals surface area contributed by atoms with Gasteiger partial charge in [-0.15, -0.1) is 24.0 Å². The summed E-state index contributed by atoms with van der Waals surface area (Å²) in [7, 11) is 1.82. The fourth-order valence-corrected chi connectivity index (χ4v) is 3.99. The molecule has 0 amide bonds. The molecule has 2 N–H and O–H groups in total. The second-order valence-corrected chi connectivity index (χ2v) is 8.13. The molecule has 1 aliphatic rings. The average molecular weight is 544 g/mol. The van der Waals surface area contributed by atoms with Crippen LogP contribution in [0.3, 0.4) is 0 Å². The molecule has 1 aromatic heterocycles. The van der Waals surface area contributed by atoms with E-state index in [9.17, 15) is 0 Å². The largest absolute Gasteiger partial charge is 0.372 e. The summed E-state index contributed by atoms with van der Waals surface area (Å²) < 4.78 is 2.07. The molecular weight excluding hydrogens is 511 g/mol. The number of rotatable bonds is 7. The van der Waals surface area contributed by atoms with E-state index >= 15 is 0 Å². The Morgan fingerprint density at radius 3 is 2.53 bits per heavy atom. The predicted molar refractivity (Wildman–Crippen MR) is 143 cm³/mol. The number of imidazole rings is 1. The molecule has 0 bridgehead atoms. The molecule has 2 heterocycles. The maximum atomic E-state index is 4.41. The molecule has 170 valence electrons. The molecule has 4 rings (SSSR count). The number of hydrogen-bond donors (Lipinski definition) is 2. The van der Waals surface area contributed by atoms with Crippen LogP contribution in [0.4, 0.5) is 5.69 Å². The zero-order valence-corrected chi connectivity index (χ0v) is 21.2. The third-order valence-electron chi connectivity index (χ3n) is 5.83. The zero-order chi connectivity index (χ0) is 21.5. The molecule has 2 aromatic carbocycles. The summed E-state index contributed by atoms with van der Waals surface area (Å²) in [5.41, 5.74) is 5.08. The van der Waals surface area contributed by atoms with Crippen LogP contribution in [-0.2, 0) is 13.1 Å². The van der Waals surface area contributed by atoms with Gasteiger partial charge in [0, 0.05) is 51.3 Å². The number of hydrogen-bond acceptors (Lipinski definition) is 3. The number of benzene rings is 2. The number of nitrogens with zero attached hydrogens (tertiary/aromatic N) is 4. The van der Waals surface area contributed by atoms with Gasteiger partial charge in [0.25, 0.3) is 0 Å². The number of aromatic nitrogens is 2. The lowest BCUT2D eigenvalue weighted by Crippen LogP contribution is -2.38. The van der Waals surface area contributed by atoms with Crippen molar-refractivity contribution in [2.45, 2.75) is 38.9 Å². The van der Waals surface area contributed by atoms with E-state index < -0.39 is 0 Å². The van der Waals surface area contributed by atoms with Gasteiger partial charge in [0.05, 0.1) is 12.4 Å². The fourth-order valence-electron chi connectivity index (χ4n) is 3.99. The van der Waals surface area contributed by atoms with Crippen molar-refractivity contribution in [3.8, 4) is 0 Å². The van der Waals surface area contributed by atoms with Crippen LogP contribution in [0.25, 0.3) is 0 Å². The second-order valence-electron chi connectivity index (χ2n) is 8.13. The lowest BCUT2D eigenvalue weighted by molar-refractivity contribution is 0.685. The zero-order valence-electron chi connectivity index (χ0n) is 18.9. The Bertz CT molecular complexity index is 978. The van der Waals surface area contributed by atoms with Crippen LogP contribution in [0, 0.1) is 0 Å². The SMILES string of the molecule is CN=C(NCc1ccc(Cn2ccnc2)cc1)NC(C)c1cccc(N2CCCC2)c1.I. The Morgan fingerprint density at radius 2 is 1.84 bits per heavy atom. The summed E-state index contributed by atoms with van der Waals surface area (Å²) in [5, 5.41) is 6.96. The van der Waals surface area contributed by atoms with Gasteiger partial charge in [0.15, 0.2) is 5.96 Å². The van der Waals surface area contributed by atoms with Crippen LogP contribution >= 0.6 is 24.0 Å². The Labute approximate surface area is 208 Å². The van der Waals surface area contributed by atoms with Gasteiger partial charge in [0.2, 0.25) is 0 Å². The summed E-state index contributed by atoms with van der Waals surface area (Å²) in [4.78, 5) is 11.0. The molecule has 1 saturated heterocycles. The Kier molecular flexibility index (Phi) is 8.96. The maximum Gasteiger partial charge on any atom is 0.191 e. The van der Waals surface area contributed by atoms with Gasteiger partial charge in [-0.1, -0.05) is 36.4 Å². The first-order valence-corrected chi connectivity index (χ1v) is 11.1. The molecular formula is C25H33IN6. The van der Waals surface area contributed by atoms with Crippen molar-refractivity contribution in [3.63, 3.8) is 0 Å². The van der Waals surface area contributed by atoms with Crippen LogP contribution in [0.15, 0.2) is 72.2 Å². The number of aliphatic imine (C=N–C) groups is 1. The van der Waals surface area contributed by atoms with E-state index in [0.717, 1.165) is 32.1 Å². The van der Waals surface area contributed by atoms with E-state index in [2.05, 4.69) is 85.5 Å².